The highest BCUT2D eigenvalue weighted by molar-refractivity contribution is 7.10. The zero-order chi connectivity index (χ0) is 22.0. The van der Waals surface area contributed by atoms with Gasteiger partial charge in [-0.1, -0.05) is 55.5 Å². The number of amides is 1. The van der Waals surface area contributed by atoms with E-state index in [1.165, 1.54) is 16.2 Å². The van der Waals surface area contributed by atoms with Crippen LogP contribution in [0.4, 0.5) is 4.79 Å². The molecule has 1 unspecified atom stereocenters. The van der Waals surface area contributed by atoms with Crippen molar-refractivity contribution in [3.8, 4) is 11.1 Å². The monoisotopic (exact) mass is 436 g/mol. The number of aromatic nitrogens is 1. The maximum absolute atomic E-state index is 13.1. The Balaban J connectivity index is 1.58. The first-order valence-electron chi connectivity index (χ1n) is 10.3. The molecular formula is C24H24N2O4S. The number of fused-ring (bicyclic) bond motifs is 3. The first kappa shape index (κ1) is 21.1. The molecule has 1 aliphatic carbocycles. The number of ether oxygens (including phenoxy) is 1. The third kappa shape index (κ3) is 3.93. The lowest BCUT2D eigenvalue weighted by molar-refractivity contribution is -0.143. The Morgan fingerprint density at radius 3 is 2.26 bits per heavy atom. The SMILES string of the molecule is CCCN(C(=O)OCC1c2ccccc2-c2ccccc21)C(C(=O)O)c1scnc1C. The van der Waals surface area contributed by atoms with Crippen molar-refractivity contribution in [2.24, 2.45) is 0 Å². The predicted molar refractivity (Wildman–Crippen MR) is 119 cm³/mol. The molecule has 2 aromatic carbocycles. The molecule has 31 heavy (non-hydrogen) atoms. The van der Waals surface area contributed by atoms with Crippen LogP contribution in [0, 0.1) is 6.92 Å². The molecule has 1 aromatic heterocycles. The van der Waals surface area contributed by atoms with E-state index in [1.54, 1.807) is 12.4 Å². The van der Waals surface area contributed by atoms with Gasteiger partial charge in [-0.2, -0.15) is 0 Å². The van der Waals surface area contributed by atoms with E-state index in [-0.39, 0.29) is 19.1 Å². The number of carbonyl (C=O) groups excluding carboxylic acids is 1. The molecule has 1 atom stereocenters. The van der Waals surface area contributed by atoms with Crippen LogP contribution in [-0.2, 0) is 9.53 Å². The minimum atomic E-state index is -1.11. The summed E-state index contributed by atoms with van der Waals surface area (Å²) in [5, 5.41) is 9.88. The van der Waals surface area contributed by atoms with E-state index in [4.69, 9.17) is 4.74 Å². The van der Waals surface area contributed by atoms with Crippen molar-refractivity contribution in [3.05, 3.63) is 75.7 Å². The molecule has 0 radical (unpaired) electrons. The zero-order valence-electron chi connectivity index (χ0n) is 17.4. The second kappa shape index (κ2) is 8.89. The van der Waals surface area contributed by atoms with Crippen LogP contribution in [0.1, 0.15) is 47.0 Å². The molecule has 1 aliphatic rings. The molecule has 0 fully saturated rings. The summed E-state index contributed by atoms with van der Waals surface area (Å²) in [6.07, 6.45) is -0.00449. The van der Waals surface area contributed by atoms with Gasteiger partial charge in [0.15, 0.2) is 6.04 Å². The lowest BCUT2D eigenvalue weighted by Crippen LogP contribution is -2.40. The van der Waals surface area contributed by atoms with Crippen LogP contribution in [-0.4, -0.2) is 40.2 Å². The van der Waals surface area contributed by atoms with Gasteiger partial charge in [-0.25, -0.2) is 14.6 Å². The van der Waals surface area contributed by atoms with Crippen LogP contribution in [0.3, 0.4) is 0 Å². The molecule has 1 N–H and O–H groups in total. The number of benzene rings is 2. The number of aryl methyl sites for hydroxylation is 1. The number of rotatable bonds is 7. The van der Waals surface area contributed by atoms with Gasteiger partial charge in [0.25, 0.3) is 0 Å². The molecule has 3 aromatic rings. The van der Waals surface area contributed by atoms with E-state index in [1.807, 2.05) is 31.2 Å². The highest BCUT2D eigenvalue weighted by Gasteiger charge is 2.35. The number of hydrogen-bond donors (Lipinski definition) is 1. The van der Waals surface area contributed by atoms with Gasteiger partial charge in [-0.05, 0) is 35.6 Å². The van der Waals surface area contributed by atoms with E-state index in [9.17, 15) is 14.7 Å². The van der Waals surface area contributed by atoms with Gasteiger partial charge in [-0.15, -0.1) is 11.3 Å². The Morgan fingerprint density at radius 1 is 1.13 bits per heavy atom. The third-order valence-corrected chi connectivity index (χ3v) is 6.60. The summed E-state index contributed by atoms with van der Waals surface area (Å²) in [5.41, 5.74) is 6.74. The van der Waals surface area contributed by atoms with Crippen molar-refractivity contribution < 1.29 is 19.4 Å². The highest BCUT2D eigenvalue weighted by atomic mass is 32.1. The highest BCUT2D eigenvalue weighted by Crippen LogP contribution is 2.44. The fourth-order valence-electron chi connectivity index (χ4n) is 4.20. The number of aliphatic carboxylic acids is 1. The normalized spacial score (nSPS) is 13.4. The van der Waals surface area contributed by atoms with Crippen molar-refractivity contribution in [2.45, 2.75) is 32.2 Å². The van der Waals surface area contributed by atoms with E-state index in [2.05, 4.69) is 29.2 Å². The van der Waals surface area contributed by atoms with Gasteiger partial charge in [0.1, 0.15) is 6.61 Å². The minimum absolute atomic E-state index is 0.0757. The number of nitrogens with zero attached hydrogens (tertiary/aromatic N) is 2. The first-order chi connectivity index (χ1) is 15.0. The van der Waals surface area contributed by atoms with Gasteiger partial charge in [0, 0.05) is 12.5 Å². The smallest absolute Gasteiger partial charge is 0.410 e. The lowest BCUT2D eigenvalue weighted by atomic mass is 9.98. The summed E-state index contributed by atoms with van der Waals surface area (Å²) in [6, 6.07) is 15.1. The van der Waals surface area contributed by atoms with Gasteiger partial charge >= 0.3 is 12.1 Å². The molecule has 0 saturated heterocycles. The van der Waals surface area contributed by atoms with Crippen molar-refractivity contribution >= 4 is 23.4 Å². The van der Waals surface area contributed by atoms with Gasteiger partial charge < -0.3 is 9.84 Å². The molecule has 0 saturated carbocycles. The molecule has 4 rings (SSSR count). The van der Waals surface area contributed by atoms with E-state index in [0.29, 0.717) is 17.0 Å². The van der Waals surface area contributed by atoms with Crippen LogP contribution in [0.15, 0.2) is 54.0 Å². The Bertz CT molecular complexity index is 1060. The summed E-state index contributed by atoms with van der Waals surface area (Å²) in [7, 11) is 0. The molecule has 160 valence electrons. The van der Waals surface area contributed by atoms with Gasteiger partial charge in [0.2, 0.25) is 0 Å². The Hall–Kier alpha value is -3.19. The number of carboxylic acid groups (broad SMARTS) is 1. The van der Waals surface area contributed by atoms with Crippen molar-refractivity contribution in [1.29, 1.82) is 0 Å². The van der Waals surface area contributed by atoms with Crippen LogP contribution >= 0.6 is 11.3 Å². The summed E-state index contributed by atoms with van der Waals surface area (Å²) in [4.78, 5) is 31.2. The maximum atomic E-state index is 13.1. The molecule has 0 bridgehead atoms. The van der Waals surface area contributed by atoms with E-state index < -0.39 is 18.1 Å². The summed E-state index contributed by atoms with van der Waals surface area (Å²) >= 11 is 1.24. The van der Waals surface area contributed by atoms with E-state index in [0.717, 1.165) is 22.3 Å². The second-order valence-corrected chi connectivity index (χ2v) is 8.43. The Kier molecular flexibility index (Phi) is 6.04. The summed E-state index contributed by atoms with van der Waals surface area (Å²) in [6.45, 7) is 4.10. The van der Waals surface area contributed by atoms with Crippen molar-refractivity contribution in [3.63, 3.8) is 0 Å². The Labute approximate surface area is 185 Å². The van der Waals surface area contributed by atoms with Crippen molar-refractivity contribution in [2.75, 3.05) is 13.2 Å². The predicted octanol–water partition coefficient (Wildman–Crippen LogP) is 5.24. The molecular weight excluding hydrogens is 412 g/mol. The first-order valence-corrected chi connectivity index (χ1v) is 11.1. The standard InChI is InChI=1S/C24H24N2O4S/c1-3-12-26(21(23(27)28)22-15(2)25-14-31-22)24(29)30-13-20-18-10-6-4-8-16(18)17-9-5-7-11-19(17)20/h4-11,14,20-21H,3,12-13H2,1-2H3,(H,27,28). The molecule has 0 aliphatic heterocycles. The van der Waals surface area contributed by atoms with Crippen molar-refractivity contribution in [1.82, 2.24) is 9.88 Å². The van der Waals surface area contributed by atoms with E-state index >= 15 is 0 Å². The number of hydrogen-bond acceptors (Lipinski definition) is 5. The number of thiazole rings is 1. The van der Waals surface area contributed by atoms with Crippen LogP contribution < -0.4 is 0 Å². The fourth-order valence-corrected chi connectivity index (χ4v) is 5.11. The van der Waals surface area contributed by atoms with Crippen LogP contribution in [0.2, 0.25) is 0 Å². The lowest BCUT2D eigenvalue weighted by Gasteiger charge is -2.28. The zero-order valence-corrected chi connectivity index (χ0v) is 18.3. The fraction of sp³-hybridized carbons (Fsp3) is 0.292. The minimum Gasteiger partial charge on any atom is -0.479 e. The largest absolute Gasteiger partial charge is 0.479 e. The van der Waals surface area contributed by atoms with Gasteiger partial charge in [-0.3, -0.25) is 4.90 Å². The molecule has 1 heterocycles. The summed E-state index contributed by atoms with van der Waals surface area (Å²) in [5.74, 6) is -1.16. The molecule has 6 nitrogen and oxygen atoms in total. The average Bonchev–Trinajstić information content (AvgIpc) is 3.33. The summed E-state index contributed by atoms with van der Waals surface area (Å²) < 4.78 is 5.73. The number of carboxylic acids is 1. The van der Waals surface area contributed by atoms with Gasteiger partial charge in [0.05, 0.1) is 16.1 Å². The average molecular weight is 437 g/mol. The topological polar surface area (TPSA) is 79.7 Å². The quantitative estimate of drug-likeness (QED) is 0.548. The third-order valence-electron chi connectivity index (χ3n) is 5.61. The molecule has 1 amide bonds. The number of carbonyl (C=O) groups is 2. The maximum Gasteiger partial charge on any atom is 0.410 e. The van der Waals surface area contributed by atoms with Crippen LogP contribution in [0.5, 0.6) is 0 Å². The second-order valence-electron chi connectivity index (χ2n) is 7.54. The Morgan fingerprint density at radius 2 is 1.74 bits per heavy atom. The van der Waals surface area contributed by atoms with Crippen LogP contribution in [0.25, 0.3) is 11.1 Å². The molecule has 0 spiro atoms. The molecule has 7 heteroatoms.